The number of hydrogen-bond acceptors (Lipinski definition) is 2. The van der Waals surface area contributed by atoms with Gasteiger partial charge in [-0.1, -0.05) is 26.0 Å². The first-order valence-corrected chi connectivity index (χ1v) is 5.09. The Bertz CT molecular complexity index is 336. The second-order valence-electron chi connectivity index (χ2n) is 3.62. The molecular formula is C12H16O3. The van der Waals surface area contributed by atoms with E-state index in [0.29, 0.717) is 12.8 Å². The van der Waals surface area contributed by atoms with Crippen LogP contribution in [0, 0.1) is 0 Å². The van der Waals surface area contributed by atoms with Crippen LogP contribution in [0.5, 0.6) is 0 Å². The third-order valence-corrected chi connectivity index (χ3v) is 2.84. The standard InChI is InChI=1S/C12H16O3/c1-3-12(15,4-2)10-7-5-9(6-8-10)11(13)14/h5-8,15H,3-4H2,1-2H3,(H,13,14). The normalized spacial score (nSPS) is 11.4. The summed E-state index contributed by atoms with van der Waals surface area (Å²) in [5.41, 5.74) is 0.183. The maximum Gasteiger partial charge on any atom is 0.335 e. The van der Waals surface area contributed by atoms with E-state index in [1.807, 2.05) is 13.8 Å². The molecule has 3 nitrogen and oxygen atoms in total. The molecule has 1 rings (SSSR count). The number of carbonyl (C=O) groups is 1. The molecule has 0 heterocycles. The van der Waals surface area contributed by atoms with Crippen LogP contribution in [0.1, 0.15) is 42.6 Å². The molecule has 0 fully saturated rings. The summed E-state index contributed by atoms with van der Waals surface area (Å²) in [6.07, 6.45) is 1.24. The second kappa shape index (κ2) is 4.45. The first-order valence-electron chi connectivity index (χ1n) is 5.09. The highest BCUT2D eigenvalue weighted by Gasteiger charge is 2.24. The van der Waals surface area contributed by atoms with Gasteiger partial charge in [-0.05, 0) is 30.5 Å². The van der Waals surface area contributed by atoms with Gasteiger partial charge in [-0.3, -0.25) is 0 Å². The molecule has 0 aromatic heterocycles. The van der Waals surface area contributed by atoms with Gasteiger partial charge in [0.25, 0.3) is 0 Å². The number of carboxylic acid groups (broad SMARTS) is 1. The number of rotatable bonds is 4. The van der Waals surface area contributed by atoms with Crippen molar-refractivity contribution in [3.63, 3.8) is 0 Å². The molecule has 0 aliphatic heterocycles. The van der Waals surface area contributed by atoms with E-state index < -0.39 is 11.6 Å². The van der Waals surface area contributed by atoms with Crippen LogP contribution < -0.4 is 0 Å². The highest BCUT2D eigenvalue weighted by atomic mass is 16.4. The lowest BCUT2D eigenvalue weighted by Crippen LogP contribution is -2.23. The molecule has 82 valence electrons. The Kier molecular flexibility index (Phi) is 3.48. The smallest absolute Gasteiger partial charge is 0.335 e. The molecule has 2 N–H and O–H groups in total. The van der Waals surface area contributed by atoms with E-state index in [9.17, 15) is 9.90 Å². The average molecular weight is 208 g/mol. The minimum atomic E-state index is -0.946. The molecule has 1 aromatic carbocycles. The van der Waals surface area contributed by atoms with Crippen molar-refractivity contribution in [2.75, 3.05) is 0 Å². The minimum Gasteiger partial charge on any atom is -0.478 e. The maximum atomic E-state index is 10.6. The van der Waals surface area contributed by atoms with Gasteiger partial charge in [-0.2, -0.15) is 0 Å². The molecule has 0 saturated carbocycles. The van der Waals surface area contributed by atoms with E-state index in [1.54, 1.807) is 12.1 Å². The molecule has 0 bridgehead atoms. The van der Waals surface area contributed by atoms with Gasteiger partial charge in [0.15, 0.2) is 0 Å². The first kappa shape index (κ1) is 11.7. The quantitative estimate of drug-likeness (QED) is 0.798. The fourth-order valence-corrected chi connectivity index (χ4v) is 1.58. The molecule has 0 atom stereocenters. The van der Waals surface area contributed by atoms with Crippen molar-refractivity contribution in [2.24, 2.45) is 0 Å². The van der Waals surface area contributed by atoms with Gasteiger partial charge in [-0.15, -0.1) is 0 Å². The van der Waals surface area contributed by atoms with Gasteiger partial charge in [0.1, 0.15) is 0 Å². The topological polar surface area (TPSA) is 57.5 Å². The Hall–Kier alpha value is -1.35. The highest BCUT2D eigenvalue weighted by molar-refractivity contribution is 5.87. The Labute approximate surface area is 89.4 Å². The van der Waals surface area contributed by atoms with Crippen LogP contribution in [-0.4, -0.2) is 16.2 Å². The van der Waals surface area contributed by atoms with Crippen molar-refractivity contribution < 1.29 is 15.0 Å². The summed E-state index contributed by atoms with van der Waals surface area (Å²) in [4.78, 5) is 10.6. The highest BCUT2D eigenvalue weighted by Crippen LogP contribution is 2.28. The second-order valence-corrected chi connectivity index (χ2v) is 3.62. The number of hydrogen-bond donors (Lipinski definition) is 2. The van der Waals surface area contributed by atoms with Crippen LogP contribution in [0.4, 0.5) is 0 Å². The van der Waals surface area contributed by atoms with Crippen molar-refractivity contribution in [1.29, 1.82) is 0 Å². The third-order valence-electron chi connectivity index (χ3n) is 2.84. The van der Waals surface area contributed by atoms with Gasteiger partial charge in [0, 0.05) is 0 Å². The zero-order valence-corrected chi connectivity index (χ0v) is 9.03. The molecule has 15 heavy (non-hydrogen) atoms. The number of aliphatic hydroxyl groups is 1. The van der Waals surface area contributed by atoms with Gasteiger partial charge in [0.05, 0.1) is 11.2 Å². The Morgan fingerprint density at radius 3 is 2.00 bits per heavy atom. The average Bonchev–Trinajstić information content (AvgIpc) is 2.28. The van der Waals surface area contributed by atoms with E-state index in [4.69, 9.17) is 5.11 Å². The molecule has 1 aromatic rings. The number of benzene rings is 1. The Balaban J connectivity index is 3.02. The fourth-order valence-electron chi connectivity index (χ4n) is 1.58. The SMILES string of the molecule is CCC(O)(CC)c1ccc(C(=O)O)cc1. The summed E-state index contributed by atoms with van der Waals surface area (Å²) < 4.78 is 0. The van der Waals surface area contributed by atoms with E-state index >= 15 is 0 Å². The monoisotopic (exact) mass is 208 g/mol. The summed E-state index contributed by atoms with van der Waals surface area (Å²) in [5, 5.41) is 18.9. The van der Waals surface area contributed by atoms with E-state index in [-0.39, 0.29) is 5.56 Å². The molecule has 0 radical (unpaired) electrons. The van der Waals surface area contributed by atoms with Gasteiger partial charge in [-0.25, -0.2) is 4.79 Å². The van der Waals surface area contributed by atoms with Gasteiger partial charge in [0.2, 0.25) is 0 Å². The fraction of sp³-hybridized carbons (Fsp3) is 0.417. The summed E-state index contributed by atoms with van der Waals surface area (Å²) >= 11 is 0. The summed E-state index contributed by atoms with van der Waals surface area (Å²) in [7, 11) is 0. The Morgan fingerprint density at radius 1 is 1.20 bits per heavy atom. The Morgan fingerprint density at radius 2 is 1.67 bits per heavy atom. The predicted octanol–water partition coefficient (Wildman–Crippen LogP) is 2.39. The van der Waals surface area contributed by atoms with E-state index in [0.717, 1.165) is 5.56 Å². The zero-order valence-electron chi connectivity index (χ0n) is 9.03. The van der Waals surface area contributed by atoms with E-state index in [1.165, 1.54) is 12.1 Å². The van der Waals surface area contributed by atoms with Crippen molar-refractivity contribution in [3.05, 3.63) is 35.4 Å². The number of carboxylic acids is 1. The van der Waals surface area contributed by atoms with Crippen LogP contribution in [0.25, 0.3) is 0 Å². The third kappa shape index (κ3) is 2.36. The van der Waals surface area contributed by atoms with E-state index in [2.05, 4.69) is 0 Å². The van der Waals surface area contributed by atoms with Crippen molar-refractivity contribution in [2.45, 2.75) is 32.3 Å². The van der Waals surface area contributed by atoms with Crippen molar-refractivity contribution in [3.8, 4) is 0 Å². The number of aromatic carboxylic acids is 1. The predicted molar refractivity (Wildman–Crippen MR) is 57.9 cm³/mol. The van der Waals surface area contributed by atoms with Crippen LogP contribution in [0.15, 0.2) is 24.3 Å². The molecule has 0 unspecified atom stereocenters. The molecule has 0 amide bonds. The molecule has 3 heteroatoms. The van der Waals surface area contributed by atoms with Crippen molar-refractivity contribution in [1.82, 2.24) is 0 Å². The lowest BCUT2D eigenvalue weighted by atomic mass is 9.88. The molecule has 0 spiro atoms. The molecule has 0 aliphatic rings. The van der Waals surface area contributed by atoms with Crippen LogP contribution >= 0.6 is 0 Å². The summed E-state index contributed by atoms with van der Waals surface area (Å²) in [6, 6.07) is 6.40. The zero-order chi connectivity index (χ0) is 11.5. The largest absolute Gasteiger partial charge is 0.478 e. The molecule has 0 saturated heterocycles. The van der Waals surface area contributed by atoms with Gasteiger partial charge >= 0.3 is 5.97 Å². The minimum absolute atomic E-state index is 0.244. The lowest BCUT2D eigenvalue weighted by Gasteiger charge is -2.25. The van der Waals surface area contributed by atoms with Gasteiger partial charge < -0.3 is 10.2 Å². The van der Waals surface area contributed by atoms with Crippen molar-refractivity contribution >= 4 is 5.97 Å². The molecular weight excluding hydrogens is 192 g/mol. The maximum absolute atomic E-state index is 10.6. The van der Waals surface area contributed by atoms with Crippen LogP contribution in [-0.2, 0) is 5.60 Å². The first-order chi connectivity index (χ1) is 7.03. The molecule has 0 aliphatic carbocycles. The summed E-state index contributed by atoms with van der Waals surface area (Å²) in [6.45, 7) is 3.82. The van der Waals surface area contributed by atoms with Crippen LogP contribution in [0.3, 0.4) is 0 Å². The lowest BCUT2D eigenvalue weighted by molar-refractivity contribution is 0.0283. The van der Waals surface area contributed by atoms with Crippen LogP contribution in [0.2, 0.25) is 0 Å². The summed E-state index contributed by atoms with van der Waals surface area (Å²) in [5.74, 6) is -0.946.